The molecule has 10 nitrogen and oxygen atoms in total. The van der Waals surface area contributed by atoms with E-state index in [1.807, 2.05) is 6.07 Å². The van der Waals surface area contributed by atoms with Crippen LogP contribution in [0.5, 0.6) is 6.01 Å². The largest absolute Gasteiger partial charge is 0.456 e. The molecule has 2 aliphatic heterocycles. The van der Waals surface area contributed by atoms with Crippen molar-refractivity contribution in [2.45, 2.75) is 56.1 Å². The number of aromatic nitrogens is 3. The van der Waals surface area contributed by atoms with Crippen molar-refractivity contribution in [2.75, 3.05) is 30.5 Å². The highest BCUT2D eigenvalue weighted by Gasteiger charge is 2.48. The van der Waals surface area contributed by atoms with Gasteiger partial charge in [-0.15, -0.1) is 0 Å². The molecule has 0 bridgehead atoms. The van der Waals surface area contributed by atoms with E-state index in [9.17, 15) is 13.5 Å². The molecule has 1 aromatic carbocycles. The van der Waals surface area contributed by atoms with Gasteiger partial charge in [-0.05, 0) is 48.9 Å². The lowest BCUT2D eigenvalue weighted by atomic mass is 10.0. The summed E-state index contributed by atoms with van der Waals surface area (Å²) in [6, 6.07) is 5.06. The van der Waals surface area contributed by atoms with Gasteiger partial charge in [-0.1, -0.05) is 17.7 Å². The summed E-state index contributed by atoms with van der Waals surface area (Å²) in [5, 5.41) is 13.6. The monoisotopic (exact) mass is 566 g/mol. The molecule has 0 spiro atoms. The highest BCUT2D eigenvalue weighted by Crippen LogP contribution is 2.38. The van der Waals surface area contributed by atoms with Crippen LogP contribution >= 0.6 is 11.6 Å². The van der Waals surface area contributed by atoms with Gasteiger partial charge in [-0.2, -0.15) is 4.98 Å². The number of anilines is 1. The molecule has 3 N–H and O–H groups in total. The van der Waals surface area contributed by atoms with Crippen LogP contribution in [0.3, 0.4) is 0 Å². The van der Waals surface area contributed by atoms with E-state index in [0.717, 1.165) is 11.1 Å². The van der Waals surface area contributed by atoms with Crippen LogP contribution < -0.4 is 10.1 Å². The molecule has 2 fully saturated rings. The minimum atomic E-state index is -3.05. The molecule has 3 aliphatic rings. The zero-order valence-corrected chi connectivity index (χ0v) is 22.2. The van der Waals surface area contributed by atoms with Gasteiger partial charge in [0.1, 0.15) is 39.8 Å². The standard InChI is InChI=1S/C25H28ClFN4O6S/c1-38(33,34)6-2-3-12-7-13-4-5-16(20(13)15(27)8-12)28-23-14(26)9-17-24(30-23)31-25(29-17)37-19-11-36-21-18(32)10-35-22(19)21/h7-9,16,18-19,21-22,32H,2-6,10-11H2,1H3,(H2,28,29,30,31)/t16-,18+,19+,21?,22?/m0/s1. The molecule has 0 amide bonds. The number of imidazole rings is 1. The Balaban J connectivity index is 1.16. The number of hydrogen-bond donors (Lipinski definition) is 3. The number of aryl methyl sites for hydroxylation is 2. The minimum absolute atomic E-state index is 0.0783. The maximum absolute atomic E-state index is 15.2. The van der Waals surface area contributed by atoms with E-state index in [4.69, 9.17) is 25.8 Å². The molecule has 1 aliphatic carbocycles. The van der Waals surface area contributed by atoms with E-state index >= 15 is 4.39 Å². The van der Waals surface area contributed by atoms with Crippen LogP contribution in [0.1, 0.15) is 35.6 Å². The van der Waals surface area contributed by atoms with Crippen molar-refractivity contribution in [3.63, 3.8) is 0 Å². The number of aromatic amines is 1. The van der Waals surface area contributed by atoms with Gasteiger partial charge in [0.2, 0.25) is 0 Å². The third kappa shape index (κ3) is 5.07. The van der Waals surface area contributed by atoms with Crippen molar-refractivity contribution in [1.29, 1.82) is 0 Å². The number of nitrogens with one attached hydrogen (secondary N) is 2. The number of fused-ring (bicyclic) bond motifs is 3. The number of aliphatic hydroxyl groups is 1. The summed E-state index contributed by atoms with van der Waals surface area (Å²) in [5.74, 6) is 0.142. The topological polar surface area (TPSA) is 136 Å². The zero-order chi connectivity index (χ0) is 26.6. The second kappa shape index (κ2) is 9.91. The average molecular weight is 567 g/mol. The molecule has 2 aromatic heterocycles. The fourth-order valence-corrected chi connectivity index (χ4v) is 6.39. The lowest BCUT2D eigenvalue weighted by molar-refractivity contribution is 0.00706. The first-order chi connectivity index (χ1) is 18.1. The summed E-state index contributed by atoms with van der Waals surface area (Å²) in [5.41, 5.74) is 3.24. The van der Waals surface area contributed by atoms with Crippen LogP contribution in [0.25, 0.3) is 11.2 Å². The summed E-state index contributed by atoms with van der Waals surface area (Å²) in [4.78, 5) is 12.0. The average Bonchev–Trinajstić information content (AvgIpc) is 3.60. The molecule has 38 heavy (non-hydrogen) atoms. The quantitative estimate of drug-likeness (QED) is 0.376. The van der Waals surface area contributed by atoms with Crippen molar-refractivity contribution in [3.8, 4) is 6.01 Å². The zero-order valence-electron chi connectivity index (χ0n) is 20.6. The Labute approximate surface area is 223 Å². The van der Waals surface area contributed by atoms with E-state index in [0.29, 0.717) is 53.3 Å². The van der Waals surface area contributed by atoms with Crippen molar-refractivity contribution >= 4 is 38.4 Å². The number of aliphatic hydroxyl groups excluding tert-OH is 1. The van der Waals surface area contributed by atoms with Crippen molar-refractivity contribution in [3.05, 3.63) is 45.7 Å². The first kappa shape index (κ1) is 25.8. The lowest BCUT2D eigenvalue weighted by Gasteiger charge is -2.17. The first-order valence-corrected chi connectivity index (χ1v) is 15.0. The fourth-order valence-electron chi connectivity index (χ4n) is 5.51. The highest BCUT2D eigenvalue weighted by atomic mass is 35.5. The van der Waals surface area contributed by atoms with Gasteiger partial charge in [0, 0.05) is 11.8 Å². The van der Waals surface area contributed by atoms with E-state index in [2.05, 4.69) is 20.3 Å². The SMILES string of the molecule is CS(=O)(=O)CCCc1cc(F)c2c(c1)CC[C@@H]2Nc1nc2nc(O[C@@H]3COC4C3OC[C@H]4O)[nH]c2cc1Cl. The van der Waals surface area contributed by atoms with Crippen LogP contribution in [-0.2, 0) is 32.2 Å². The number of halogens is 2. The molecule has 2 saturated heterocycles. The van der Waals surface area contributed by atoms with Gasteiger partial charge in [0.05, 0.1) is 35.5 Å². The van der Waals surface area contributed by atoms with Crippen LogP contribution in [0, 0.1) is 5.82 Å². The maximum Gasteiger partial charge on any atom is 0.296 e. The summed E-state index contributed by atoms with van der Waals surface area (Å²) in [6.07, 6.45) is 1.65. The normalized spacial score (nSPS) is 26.6. The van der Waals surface area contributed by atoms with E-state index in [1.54, 1.807) is 6.07 Å². The van der Waals surface area contributed by atoms with Gasteiger partial charge in [0.25, 0.3) is 6.01 Å². The van der Waals surface area contributed by atoms with Crippen LogP contribution in [0.15, 0.2) is 18.2 Å². The number of rotatable bonds is 8. The third-order valence-corrected chi connectivity index (χ3v) is 8.59. The number of sulfone groups is 1. The smallest absolute Gasteiger partial charge is 0.296 e. The third-order valence-electron chi connectivity index (χ3n) is 7.27. The molecule has 0 radical (unpaired) electrons. The molecular weight excluding hydrogens is 539 g/mol. The molecule has 4 heterocycles. The molecular formula is C25H28ClFN4O6S. The Morgan fingerprint density at radius 1 is 1.24 bits per heavy atom. The van der Waals surface area contributed by atoms with Gasteiger partial charge in [-0.3, -0.25) is 0 Å². The van der Waals surface area contributed by atoms with E-state index < -0.39 is 28.1 Å². The van der Waals surface area contributed by atoms with Gasteiger partial charge in [-0.25, -0.2) is 17.8 Å². The van der Waals surface area contributed by atoms with Crippen molar-refractivity contribution in [1.82, 2.24) is 15.0 Å². The number of benzene rings is 1. The molecule has 2 unspecified atom stereocenters. The molecule has 3 aromatic rings. The molecule has 0 saturated carbocycles. The van der Waals surface area contributed by atoms with E-state index in [1.165, 1.54) is 12.3 Å². The minimum Gasteiger partial charge on any atom is -0.456 e. The summed E-state index contributed by atoms with van der Waals surface area (Å²) >= 11 is 6.51. The van der Waals surface area contributed by atoms with E-state index in [-0.39, 0.29) is 42.9 Å². The number of pyridine rings is 1. The second-order valence-electron chi connectivity index (χ2n) is 10.2. The Bertz CT molecular complexity index is 1480. The van der Waals surface area contributed by atoms with Gasteiger partial charge >= 0.3 is 0 Å². The predicted molar refractivity (Wildman–Crippen MR) is 138 cm³/mol. The van der Waals surface area contributed by atoms with Crippen LogP contribution in [-0.4, -0.2) is 78.1 Å². The summed E-state index contributed by atoms with van der Waals surface area (Å²) < 4.78 is 55.1. The Morgan fingerprint density at radius 3 is 2.87 bits per heavy atom. The Hall–Kier alpha value is -2.51. The van der Waals surface area contributed by atoms with Crippen molar-refractivity contribution in [2.24, 2.45) is 0 Å². The lowest BCUT2D eigenvalue weighted by Crippen LogP contribution is -2.34. The number of ether oxygens (including phenoxy) is 3. The molecule has 6 rings (SSSR count). The fraction of sp³-hybridized carbons (Fsp3) is 0.520. The first-order valence-electron chi connectivity index (χ1n) is 12.5. The molecule has 13 heteroatoms. The maximum atomic E-state index is 15.2. The highest BCUT2D eigenvalue weighted by molar-refractivity contribution is 7.90. The van der Waals surface area contributed by atoms with Gasteiger partial charge < -0.3 is 29.6 Å². The summed E-state index contributed by atoms with van der Waals surface area (Å²) in [7, 11) is -3.05. The van der Waals surface area contributed by atoms with Crippen LogP contribution in [0.2, 0.25) is 5.02 Å². The molecule has 204 valence electrons. The summed E-state index contributed by atoms with van der Waals surface area (Å²) in [6.45, 7) is 0.480. The van der Waals surface area contributed by atoms with Crippen molar-refractivity contribution < 1.29 is 32.1 Å². The second-order valence-corrected chi connectivity index (χ2v) is 12.8. The Morgan fingerprint density at radius 2 is 2.05 bits per heavy atom. The Kier molecular flexibility index (Phi) is 6.71. The van der Waals surface area contributed by atoms with Crippen LogP contribution in [0.4, 0.5) is 10.2 Å². The number of hydrogen-bond acceptors (Lipinski definition) is 9. The predicted octanol–water partition coefficient (Wildman–Crippen LogP) is 2.73. The number of nitrogens with zero attached hydrogens (tertiary/aromatic N) is 2. The van der Waals surface area contributed by atoms with Gasteiger partial charge in [0.15, 0.2) is 11.8 Å². The molecule has 5 atom stereocenters. The number of H-pyrrole nitrogens is 1.